The molecule has 0 saturated carbocycles. The summed E-state index contributed by atoms with van der Waals surface area (Å²) in [5.41, 5.74) is 0. The van der Waals surface area contributed by atoms with E-state index in [1.54, 1.807) is 4.90 Å². The quantitative estimate of drug-likeness (QED) is 0.716. The van der Waals surface area contributed by atoms with Gasteiger partial charge >= 0.3 is 6.03 Å². The summed E-state index contributed by atoms with van der Waals surface area (Å²) in [4.78, 5) is 13.7. The van der Waals surface area contributed by atoms with E-state index in [0.29, 0.717) is 0 Å². The van der Waals surface area contributed by atoms with Crippen LogP contribution in [0.5, 0.6) is 0 Å². The zero-order valence-electron chi connectivity index (χ0n) is 9.69. The molecule has 0 spiro atoms. The Hall–Kier alpha value is -0.810. The normalized spacial score (nSPS) is 34.4. The largest absolute Gasteiger partial charge is 0.394 e. The Morgan fingerprint density at radius 3 is 3.00 bits per heavy atom. The minimum Gasteiger partial charge on any atom is -0.394 e. The molecule has 0 aromatic rings. The first-order valence-electron chi connectivity index (χ1n) is 6.02. The summed E-state index contributed by atoms with van der Waals surface area (Å²) in [6.45, 7) is 3.50. The third-order valence-corrected chi connectivity index (χ3v) is 3.53. The number of urea groups is 1. The highest BCUT2D eigenvalue weighted by molar-refractivity contribution is 5.75. The van der Waals surface area contributed by atoms with Gasteiger partial charge in [-0.25, -0.2) is 4.79 Å². The fourth-order valence-electron chi connectivity index (χ4n) is 2.46. The molecule has 2 aliphatic heterocycles. The van der Waals surface area contributed by atoms with Crippen molar-refractivity contribution in [1.29, 1.82) is 0 Å². The highest BCUT2D eigenvalue weighted by Gasteiger charge is 2.32. The molecule has 92 valence electrons. The lowest BCUT2D eigenvalue weighted by Crippen LogP contribution is -2.49. The zero-order valence-corrected chi connectivity index (χ0v) is 9.69. The van der Waals surface area contributed by atoms with Crippen molar-refractivity contribution in [1.82, 2.24) is 10.2 Å². The third-order valence-electron chi connectivity index (χ3n) is 3.53. The Morgan fingerprint density at radius 2 is 2.38 bits per heavy atom. The average molecular weight is 228 g/mol. The number of nitrogens with zero attached hydrogens (tertiary/aromatic N) is 1. The molecule has 0 aliphatic carbocycles. The predicted octanol–water partition coefficient (Wildman–Crippen LogP) is 0.330. The number of carbonyl (C=O) groups excluding carboxylic acids is 1. The van der Waals surface area contributed by atoms with Crippen molar-refractivity contribution in [2.75, 3.05) is 19.8 Å². The molecule has 5 nitrogen and oxygen atoms in total. The van der Waals surface area contributed by atoms with Crippen LogP contribution in [-0.4, -0.2) is 54.0 Å². The highest BCUT2D eigenvalue weighted by Crippen LogP contribution is 2.18. The molecule has 5 heteroatoms. The van der Waals surface area contributed by atoms with Gasteiger partial charge in [-0.3, -0.25) is 0 Å². The van der Waals surface area contributed by atoms with Crippen LogP contribution in [0.3, 0.4) is 0 Å². The second kappa shape index (κ2) is 5.01. The number of nitrogens with one attached hydrogen (secondary N) is 1. The van der Waals surface area contributed by atoms with Crippen molar-refractivity contribution >= 4 is 6.03 Å². The van der Waals surface area contributed by atoms with Gasteiger partial charge in [-0.1, -0.05) is 0 Å². The molecule has 2 rings (SSSR count). The summed E-state index contributed by atoms with van der Waals surface area (Å²) in [6, 6.07) is 0.0592. The highest BCUT2D eigenvalue weighted by atomic mass is 16.5. The molecule has 2 aliphatic rings. The van der Waals surface area contributed by atoms with E-state index in [1.807, 2.05) is 6.92 Å². The van der Waals surface area contributed by atoms with E-state index in [0.717, 1.165) is 32.4 Å². The molecule has 3 unspecified atom stereocenters. The van der Waals surface area contributed by atoms with Crippen LogP contribution in [0.4, 0.5) is 4.79 Å². The number of aliphatic hydroxyl groups is 1. The van der Waals surface area contributed by atoms with Crippen molar-refractivity contribution in [3.05, 3.63) is 0 Å². The van der Waals surface area contributed by atoms with Crippen LogP contribution in [0.2, 0.25) is 0 Å². The number of rotatable bonds is 2. The smallest absolute Gasteiger partial charge is 0.318 e. The van der Waals surface area contributed by atoms with Crippen molar-refractivity contribution in [3.8, 4) is 0 Å². The topological polar surface area (TPSA) is 61.8 Å². The molecule has 16 heavy (non-hydrogen) atoms. The average Bonchev–Trinajstić information content (AvgIpc) is 2.87. The molecule has 0 bridgehead atoms. The van der Waals surface area contributed by atoms with Crippen molar-refractivity contribution in [2.45, 2.75) is 44.4 Å². The van der Waals surface area contributed by atoms with Crippen molar-refractivity contribution < 1.29 is 14.6 Å². The molecule has 2 heterocycles. The summed E-state index contributed by atoms with van der Waals surface area (Å²) in [5, 5.41) is 12.1. The van der Waals surface area contributed by atoms with Crippen LogP contribution < -0.4 is 5.32 Å². The first-order valence-corrected chi connectivity index (χ1v) is 6.02. The maximum absolute atomic E-state index is 12.0. The van der Waals surface area contributed by atoms with Crippen LogP contribution in [-0.2, 0) is 4.74 Å². The van der Waals surface area contributed by atoms with E-state index in [9.17, 15) is 4.79 Å². The van der Waals surface area contributed by atoms with Gasteiger partial charge in [-0.15, -0.1) is 0 Å². The van der Waals surface area contributed by atoms with E-state index < -0.39 is 0 Å². The fraction of sp³-hybridized carbons (Fsp3) is 0.909. The predicted molar refractivity (Wildman–Crippen MR) is 59.2 cm³/mol. The van der Waals surface area contributed by atoms with Gasteiger partial charge < -0.3 is 20.1 Å². The van der Waals surface area contributed by atoms with E-state index in [-0.39, 0.29) is 30.8 Å². The summed E-state index contributed by atoms with van der Waals surface area (Å²) in [6.07, 6.45) is 2.86. The molecule has 2 saturated heterocycles. The molecule has 2 fully saturated rings. The summed E-state index contributed by atoms with van der Waals surface area (Å²) in [7, 11) is 0. The zero-order chi connectivity index (χ0) is 11.5. The van der Waals surface area contributed by atoms with Crippen molar-refractivity contribution in [2.24, 2.45) is 0 Å². The standard InChI is InChI=1S/C11H20N2O3/c1-8-10(4-6-16-8)12-11(15)13-5-2-3-9(13)7-14/h8-10,14H,2-7H2,1H3,(H,12,15). The lowest BCUT2D eigenvalue weighted by atomic mass is 10.1. The molecular formula is C11H20N2O3. The van der Waals surface area contributed by atoms with E-state index in [1.165, 1.54) is 0 Å². The number of hydrogen-bond acceptors (Lipinski definition) is 3. The van der Waals surface area contributed by atoms with Crippen LogP contribution in [0, 0.1) is 0 Å². The van der Waals surface area contributed by atoms with Crippen LogP contribution in [0.1, 0.15) is 26.2 Å². The second-order valence-electron chi connectivity index (χ2n) is 4.59. The molecule has 0 aromatic heterocycles. The summed E-state index contributed by atoms with van der Waals surface area (Å²) < 4.78 is 5.40. The Labute approximate surface area is 95.8 Å². The molecule has 2 N–H and O–H groups in total. The third kappa shape index (κ3) is 2.30. The lowest BCUT2D eigenvalue weighted by molar-refractivity contribution is 0.109. The summed E-state index contributed by atoms with van der Waals surface area (Å²) >= 11 is 0. The first-order chi connectivity index (χ1) is 7.72. The molecule has 3 atom stereocenters. The van der Waals surface area contributed by atoms with Crippen LogP contribution in [0.15, 0.2) is 0 Å². The lowest BCUT2D eigenvalue weighted by Gasteiger charge is -2.26. The summed E-state index contributed by atoms with van der Waals surface area (Å²) in [5.74, 6) is 0. The van der Waals surface area contributed by atoms with E-state index >= 15 is 0 Å². The maximum Gasteiger partial charge on any atom is 0.318 e. The van der Waals surface area contributed by atoms with Gasteiger partial charge in [0.05, 0.1) is 24.8 Å². The number of aliphatic hydroxyl groups excluding tert-OH is 1. The monoisotopic (exact) mass is 228 g/mol. The van der Waals surface area contributed by atoms with Crippen LogP contribution in [0.25, 0.3) is 0 Å². The molecule has 0 radical (unpaired) electrons. The minimum absolute atomic E-state index is 0.00220. The Bertz CT molecular complexity index is 260. The maximum atomic E-state index is 12.0. The van der Waals surface area contributed by atoms with Gasteiger partial charge in [0.1, 0.15) is 0 Å². The Morgan fingerprint density at radius 1 is 1.56 bits per heavy atom. The van der Waals surface area contributed by atoms with Gasteiger partial charge in [-0.05, 0) is 26.2 Å². The number of hydrogen-bond donors (Lipinski definition) is 2. The van der Waals surface area contributed by atoms with Crippen LogP contribution >= 0.6 is 0 Å². The van der Waals surface area contributed by atoms with Crippen molar-refractivity contribution in [3.63, 3.8) is 0 Å². The number of likely N-dealkylation sites (tertiary alicyclic amines) is 1. The van der Waals surface area contributed by atoms with Gasteiger partial charge in [0.15, 0.2) is 0 Å². The van der Waals surface area contributed by atoms with Gasteiger partial charge in [-0.2, -0.15) is 0 Å². The first kappa shape index (κ1) is 11.7. The number of amides is 2. The van der Waals surface area contributed by atoms with E-state index in [4.69, 9.17) is 9.84 Å². The number of carbonyl (C=O) groups is 1. The Balaban J connectivity index is 1.87. The molecule has 2 amide bonds. The second-order valence-corrected chi connectivity index (χ2v) is 4.59. The number of ether oxygens (including phenoxy) is 1. The molecule has 0 aromatic carbocycles. The SMILES string of the molecule is CC1OCCC1NC(=O)N1CCCC1CO. The minimum atomic E-state index is -0.0566. The fourth-order valence-corrected chi connectivity index (χ4v) is 2.46. The Kier molecular flexibility index (Phi) is 3.66. The van der Waals surface area contributed by atoms with Gasteiger partial charge in [0, 0.05) is 13.2 Å². The van der Waals surface area contributed by atoms with Gasteiger partial charge in [0.25, 0.3) is 0 Å². The van der Waals surface area contributed by atoms with Gasteiger partial charge in [0.2, 0.25) is 0 Å². The molecular weight excluding hydrogens is 208 g/mol. The van der Waals surface area contributed by atoms with E-state index in [2.05, 4.69) is 5.32 Å².